The summed E-state index contributed by atoms with van der Waals surface area (Å²) in [4.78, 5) is 17.6. The molecule has 0 aliphatic carbocycles. The number of benzene rings is 1. The lowest BCUT2D eigenvalue weighted by atomic mass is 10.0. The summed E-state index contributed by atoms with van der Waals surface area (Å²) in [5.74, 6) is -0.264. The molecule has 2 aliphatic rings. The summed E-state index contributed by atoms with van der Waals surface area (Å²) in [5.41, 5.74) is 4.77. The van der Waals surface area contributed by atoms with Crippen LogP contribution < -0.4 is 16.0 Å². The quantitative estimate of drug-likeness (QED) is 0.102. The van der Waals surface area contributed by atoms with E-state index in [2.05, 4.69) is 59.3 Å². The lowest BCUT2D eigenvalue weighted by molar-refractivity contribution is -0.122. The zero-order valence-electron chi connectivity index (χ0n) is 23.0. The van der Waals surface area contributed by atoms with E-state index < -0.39 is 5.92 Å². The summed E-state index contributed by atoms with van der Waals surface area (Å²) in [6.45, 7) is 9.33. The number of allylic oxidation sites excluding steroid dienone is 4. The summed E-state index contributed by atoms with van der Waals surface area (Å²) in [7, 11) is 0. The van der Waals surface area contributed by atoms with Crippen molar-refractivity contribution >= 4 is 18.0 Å². The van der Waals surface area contributed by atoms with Gasteiger partial charge in [0.15, 0.2) is 0 Å². The monoisotopic (exact) mass is 521 g/mol. The van der Waals surface area contributed by atoms with Crippen molar-refractivity contribution in [2.45, 2.75) is 65.3 Å². The second-order valence-corrected chi connectivity index (χ2v) is 9.76. The topological polar surface area (TPSA) is 108 Å². The second-order valence-electron chi connectivity index (χ2n) is 9.76. The number of amidine groups is 1. The van der Waals surface area contributed by atoms with Crippen LogP contribution in [0.1, 0.15) is 50.7 Å². The summed E-state index contributed by atoms with van der Waals surface area (Å²) >= 11 is 0. The smallest absolute Gasteiger partial charge is 0.237 e. The maximum absolute atomic E-state index is 12.7. The molecule has 1 amide bonds. The molecule has 2 aliphatic heterocycles. The first kappa shape index (κ1) is 29.5. The SMILES string of the molecule is CC=CC(=CCC(=CC)CNCOCc1cccc(C)c1)CC1N=C(NC2CCOCC2)C(C=N)C(=O)N1. The fraction of sp³-hybridized carbons (Fsp3) is 0.500. The molecule has 0 bridgehead atoms. The number of hydrogen-bond donors (Lipinski definition) is 4. The van der Waals surface area contributed by atoms with Crippen LogP contribution in [0.2, 0.25) is 0 Å². The molecule has 2 atom stereocenters. The third kappa shape index (κ3) is 9.67. The Morgan fingerprint density at radius 1 is 1.29 bits per heavy atom. The van der Waals surface area contributed by atoms with E-state index in [1.807, 2.05) is 26.0 Å². The second kappa shape index (κ2) is 16.0. The molecule has 0 spiro atoms. The third-order valence-electron chi connectivity index (χ3n) is 6.67. The van der Waals surface area contributed by atoms with Crippen molar-refractivity contribution < 1.29 is 14.3 Å². The van der Waals surface area contributed by atoms with Gasteiger partial charge < -0.3 is 25.5 Å². The molecule has 0 aromatic heterocycles. The number of rotatable bonds is 13. The summed E-state index contributed by atoms with van der Waals surface area (Å²) in [6, 6.07) is 8.56. The Morgan fingerprint density at radius 2 is 2.11 bits per heavy atom. The van der Waals surface area contributed by atoms with E-state index in [9.17, 15) is 4.79 Å². The molecular weight excluding hydrogens is 478 g/mol. The van der Waals surface area contributed by atoms with Crippen molar-refractivity contribution in [1.29, 1.82) is 5.41 Å². The van der Waals surface area contributed by atoms with Crippen LogP contribution in [0.25, 0.3) is 0 Å². The van der Waals surface area contributed by atoms with E-state index in [4.69, 9.17) is 19.9 Å². The van der Waals surface area contributed by atoms with Gasteiger partial charge in [-0.05, 0) is 51.2 Å². The molecule has 8 heteroatoms. The highest BCUT2D eigenvalue weighted by Crippen LogP contribution is 2.18. The molecule has 1 saturated heterocycles. The number of amides is 1. The molecule has 4 N–H and O–H groups in total. The van der Waals surface area contributed by atoms with Gasteiger partial charge in [-0.3, -0.25) is 10.1 Å². The maximum atomic E-state index is 12.7. The Morgan fingerprint density at radius 3 is 2.82 bits per heavy atom. The molecule has 206 valence electrons. The van der Waals surface area contributed by atoms with Crippen LogP contribution in [0.15, 0.2) is 64.7 Å². The number of hydrogen-bond acceptors (Lipinski definition) is 7. The van der Waals surface area contributed by atoms with Crippen molar-refractivity contribution in [3.63, 3.8) is 0 Å². The van der Waals surface area contributed by atoms with Crippen molar-refractivity contribution in [2.75, 3.05) is 26.5 Å². The number of aliphatic imine (C=N–C) groups is 1. The molecule has 3 rings (SSSR count). The average Bonchev–Trinajstić information content (AvgIpc) is 2.91. The number of nitrogens with zero attached hydrogens (tertiary/aromatic N) is 1. The maximum Gasteiger partial charge on any atom is 0.237 e. The first-order chi connectivity index (χ1) is 18.5. The minimum absolute atomic E-state index is 0.182. The van der Waals surface area contributed by atoms with Crippen molar-refractivity contribution in [2.24, 2.45) is 10.9 Å². The molecule has 1 aromatic carbocycles. The highest BCUT2D eigenvalue weighted by Gasteiger charge is 2.31. The number of aryl methyl sites for hydroxylation is 1. The van der Waals surface area contributed by atoms with Crippen molar-refractivity contribution in [3.8, 4) is 0 Å². The van der Waals surface area contributed by atoms with Gasteiger partial charge in [-0.1, -0.05) is 59.7 Å². The number of nitrogens with one attached hydrogen (secondary N) is 4. The van der Waals surface area contributed by atoms with Crippen LogP contribution in [-0.4, -0.2) is 56.7 Å². The highest BCUT2D eigenvalue weighted by atomic mass is 16.5. The van der Waals surface area contributed by atoms with Gasteiger partial charge >= 0.3 is 0 Å². The predicted molar refractivity (Wildman–Crippen MR) is 153 cm³/mol. The molecule has 2 heterocycles. The number of ether oxygens (including phenoxy) is 2. The van der Waals surface area contributed by atoms with Crippen LogP contribution in [0.3, 0.4) is 0 Å². The summed E-state index contributed by atoms with van der Waals surface area (Å²) < 4.78 is 11.2. The normalized spacial score (nSPS) is 21.3. The van der Waals surface area contributed by atoms with Crippen LogP contribution in [0.4, 0.5) is 0 Å². The standard InChI is InChI=1S/C30H43N5O3/c1-4-7-24(11-10-23(5-2)19-32-21-38-20-25-9-6-8-22(3)16-25)17-28-34-29(27(18-31)30(36)35-28)33-26-12-14-37-15-13-26/h4-9,11,16,18,26-28,31-32H,10,12-15,17,19-21H2,1-3H3,(H,33,34)(H,35,36). The van der Waals surface area contributed by atoms with E-state index in [0.717, 1.165) is 37.6 Å². The van der Waals surface area contributed by atoms with Gasteiger partial charge in [0.05, 0.1) is 13.3 Å². The summed E-state index contributed by atoms with van der Waals surface area (Å²) in [6.07, 6.45) is 12.3. The van der Waals surface area contributed by atoms with Crippen LogP contribution in [0, 0.1) is 18.3 Å². The lowest BCUT2D eigenvalue weighted by Crippen LogP contribution is -2.53. The number of carbonyl (C=O) groups excluding carboxylic acids is 1. The molecule has 8 nitrogen and oxygen atoms in total. The van der Waals surface area contributed by atoms with E-state index in [1.54, 1.807) is 0 Å². The first-order valence-electron chi connectivity index (χ1n) is 13.5. The Hall–Kier alpha value is -3.07. The molecular formula is C30H43N5O3. The van der Waals surface area contributed by atoms with Gasteiger partial charge in [0.1, 0.15) is 17.9 Å². The molecule has 2 unspecified atom stereocenters. The predicted octanol–water partition coefficient (Wildman–Crippen LogP) is 4.18. The molecule has 1 fully saturated rings. The Bertz CT molecular complexity index is 1040. The average molecular weight is 522 g/mol. The Kier molecular flexibility index (Phi) is 12.4. The van der Waals surface area contributed by atoms with E-state index >= 15 is 0 Å². The van der Waals surface area contributed by atoms with Crippen molar-refractivity contribution in [3.05, 3.63) is 70.8 Å². The van der Waals surface area contributed by atoms with Gasteiger partial charge in [0.2, 0.25) is 5.91 Å². The van der Waals surface area contributed by atoms with Crippen LogP contribution in [0.5, 0.6) is 0 Å². The molecule has 0 radical (unpaired) electrons. The van der Waals surface area contributed by atoms with E-state index in [1.165, 1.54) is 16.7 Å². The van der Waals surface area contributed by atoms with Crippen molar-refractivity contribution in [1.82, 2.24) is 16.0 Å². The van der Waals surface area contributed by atoms with Gasteiger partial charge in [-0.15, -0.1) is 0 Å². The van der Waals surface area contributed by atoms with Gasteiger partial charge in [0, 0.05) is 38.4 Å². The Labute approximate surface area is 227 Å². The molecule has 0 saturated carbocycles. The lowest BCUT2D eigenvalue weighted by Gasteiger charge is -2.31. The van der Waals surface area contributed by atoms with E-state index in [0.29, 0.717) is 38.8 Å². The third-order valence-corrected chi connectivity index (χ3v) is 6.67. The Balaban J connectivity index is 1.53. The first-order valence-corrected chi connectivity index (χ1v) is 13.5. The fourth-order valence-electron chi connectivity index (χ4n) is 4.55. The minimum atomic E-state index is -0.669. The van der Waals surface area contributed by atoms with Gasteiger partial charge in [-0.2, -0.15) is 0 Å². The fourth-order valence-corrected chi connectivity index (χ4v) is 4.55. The summed E-state index contributed by atoms with van der Waals surface area (Å²) in [5, 5.41) is 17.5. The van der Waals surface area contributed by atoms with Gasteiger partial charge in [-0.25, -0.2) is 4.99 Å². The minimum Gasteiger partial charge on any atom is -0.381 e. The van der Waals surface area contributed by atoms with Crippen LogP contribution >= 0.6 is 0 Å². The van der Waals surface area contributed by atoms with Gasteiger partial charge in [0.25, 0.3) is 0 Å². The largest absolute Gasteiger partial charge is 0.381 e. The van der Waals surface area contributed by atoms with Crippen LogP contribution in [-0.2, 0) is 20.9 Å². The zero-order chi connectivity index (χ0) is 27.2. The zero-order valence-corrected chi connectivity index (χ0v) is 23.0. The van der Waals surface area contributed by atoms with E-state index in [-0.39, 0.29) is 18.1 Å². The highest BCUT2D eigenvalue weighted by molar-refractivity contribution is 6.15. The molecule has 38 heavy (non-hydrogen) atoms. The molecule has 1 aromatic rings. The number of carbonyl (C=O) groups is 1.